The third-order valence-corrected chi connectivity index (χ3v) is 2.06. The maximum absolute atomic E-state index is 9.60. The van der Waals surface area contributed by atoms with Gasteiger partial charge < -0.3 is 14.6 Å². The van der Waals surface area contributed by atoms with Crippen LogP contribution in [0.1, 0.15) is 11.1 Å². The number of methoxy groups -OCH3 is 2. The average molecular weight is 182 g/mol. The Morgan fingerprint density at radius 2 is 1.77 bits per heavy atom. The molecule has 72 valence electrons. The molecule has 0 radical (unpaired) electrons. The molecule has 0 unspecified atom stereocenters. The molecule has 3 heteroatoms. The molecule has 0 aliphatic carbocycles. The fourth-order valence-electron chi connectivity index (χ4n) is 1.32. The number of hydrogen-bond donors (Lipinski definition) is 1. The maximum Gasteiger partial charge on any atom is 0.167 e. The normalized spacial score (nSPS) is 9.85. The summed E-state index contributed by atoms with van der Waals surface area (Å²) >= 11 is 0. The molecule has 13 heavy (non-hydrogen) atoms. The number of ether oxygens (including phenoxy) is 2. The van der Waals surface area contributed by atoms with Crippen molar-refractivity contribution >= 4 is 0 Å². The summed E-state index contributed by atoms with van der Waals surface area (Å²) in [5.41, 5.74) is 1.49. The van der Waals surface area contributed by atoms with Crippen LogP contribution >= 0.6 is 0 Å². The Bertz CT molecular complexity index is 318. The van der Waals surface area contributed by atoms with E-state index in [1.807, 2.05) is 6.92 Å². The second-order valence-corrected chi connectivity index (χ2v) is 2.90. The molecule has 1 aromatic carbocycles. The van der Waals surface area contributed by atoms with Gasteiger partial charge in [0.1, 0.15) is 5.75 Å². The number of aryl methyl sites for hydroxylation is 1. The van der Waals surface area contributed by atoms with E-state index in [1.165, 1.54) is 0 Å². The SMILES string of the molecule is COc1cc(C)c(O)c(C)c1OC. The summed E-state index contributed by atoms with van der Waals surface area (Å²) in [6, 6.07) is 1.75. The summed E-state index contributed by atoms with van der Waals surface area (Å²) in [5, 5.41) is 9.60. The first kappa shape index (κ1) is 9.71. The smallest absolute Gasteiger partial charge is 0.167 e. The zero-order chi connectivity index (χ0) is 10.0. The molecule has 0 saturated heterocycles. The fraction of sp³-hybridized carbons (Fsp3) is 0.400. The van der Waals surface area contributed by atoms with Crippen LogP contribution in [0.15, 0.2) is 6.07 Å². The lowest BCUT2D eigenvalue weighted by Gasteiger charge is -2.13. The van der Waals surface area contributed by atoms with Crippen molar-refractivity contribution in [3.8, 4) is 17.2 Å². The first-order valence-corrected chi connectivity index (χ1v) is 4.03. The van der Waals surface area contributed by atoms with Crippen LogP contribution in [0.2, 0.25) is 0 Å². The predicted octanol–water partition coefficient (Wildman–Crippen LogP) is 2.03. The van der Waals surface area contributed by atoms with Crippen molar-refractivity contribution in [2.75, 3.05) is 14.2 Å². The van der Waals surface area contributed by atoms with Gasteiger partial charge in [0, 0.05) is 5.56 Å². The van der Waals surface area contributed by atoms with E-state index in [2.05, 4.69) is 0 Å². The lowest BCUT2D eigenvalue weighted by Crippen LogP contribution is -1.94. The molecular formula is C10H14O3. The maximum atomic E-state index is 9.60. The molecule has 0 fully saturated rings. The van der Waals surface area contributed by atoms with Crippen molar-refractivity contribution in [1.82, 2.24) is 0 Å². The molecular weight excluding hydrogens is 168 g/mol. The molecule has 1 N–H and O–H groups in total. The highest BCUT2D eigenvalue weighted by Gasteiger charge is 2.12. The van der Waals surface area contributed by atoms with Crippen LogP contribution in [-0.2, 0) is 0 Å². The molecule has 0 saturated carbocycles. The van der Waals surface area contributed by atoms with E-state index < -0.39 is 0 Å². The van der Waals surface area contributed by atoms with Crippen LogP contribution in [-0.4, -0.2) is 19.3 Å². The number of hydrogen-bond acceptors (Lipinski definition) is 3. The Morgan fingerprint density at radius 1 is 1.15 bits per heavy atom. The van der Waals surface area contributed by atoms with Crippen LogP contribution < -0.4 is 9.47 Å². The quantitative estimate of drug-likeness (QED) is 0.760. The van der Waals surface area contributed by atoms with Gasteiger partial charge in [0.2, 0.25) is 0 Å². The Labute approximate surface area is 77.9 Å². The number of benzene rings is 1. The first-order valence-electron chi connectivity index (χ1n) is 4.03. The van der Waals surface area contributed by atoms with Crippen molar-refractivity contribution in [2.24, 2.45) is 0 Å². The van der Waals surface area contributed by atoms with Gasteiger partial charge >= 0.3 is 0 Å². The molecule has 0 bridgehead atoms. The molecule has 3 nitrogen and oxygen atoms in total. The van der Waals surface area contributed by atoms with E-state index in [1.54, 1.807) is 27.2 Å². The third-order valence-electron chi connectivity index (χ3n) is 2.06. The van der Waals surface area contributed by atoms with Gasteiger partial charge in [-0.3, -0.25) is 0 Å². The van der Waals surface area contributed by atoms with Gasteiger partial charge in [-0.05, 0) is 25.5 Å². The minimum atomic E-state index is 0.262. The van der Waals surface area contributed by atoms with Crippen molar-refractivity contribution in [2.45, 2.75) is 13.8 Å². The van der Waals surface area contributed by atoms with Crippen molar-refractivity contribution in [3.63, 3.8) is 0 Å². The molecule has 0 aromatic heterocycles. The van der Waals surface area contributed by atoms with Crippen LogP contribution in [0.25, 0.3) is 0 Å². The minimum absolute atomic E-state index is 0.262. The summed E-state index contributed by atoms with van der Waals surface area (Å²) in [5.74, 6) is 1.50. The van der Waals surface area contributed by atoms with Gasteiger partial charge in [-0.1, -0.05) is 0 Å². The summed E-state index contributed by atoms with van der Waals surface area (Å²) < 4.78 is 10.2. The second kappa shape index (κ2) is 3.56. The Kier molecular flexibility index (Phi) is 2.66. The predicted molar refractivity (Wildman–Crippen MR) is 50.7 cm³/mol. The van der Waals surface area contributed by atoms with E-state index >= 15 is 0 Å². The highest BCUT2D eigenvalue weighted by molar-refractivity contribution is 5.56. The average Bonchev–Trinajstić information content (AvgIpc) is 2.13. The Hall–Kier alpha value is -1.38. The highest BCUT2D eigenvalue weighted by atomic mass is 16.5. The third kappa shape index (κ3) is 1.54. The molecule has 0 spiro atoms. The van der Waals surface area contributed by atoms with Crippen LogP contribution in [0, 0.1) is 13.8 Å². The summed E-state index contributed by atoms with van der Waals surface area (Å²) in [6.45, 7) is 3.62. The fourth-order valence-corrected chi connectivity index (χ4v) is 1.32. The van der Waals surface area contributed by atoms with E-state index in [-0.39, 0.29) is 5.75 Å². The minimum Gasteiger partial charge on any atom is -0.507 e. The van der Waals surface area contributed by atoms with Crippen LogP contribution in [0.3, 0.4) is 0 Å². The largest absolute Gasteiger partial charge is 0.507 e. The van der Waals surface area contributed by atoms with Crippen molar-refractivity contribution in [3.05, 3.63) is 17.2 Å². The zero-order valence-electron chi connectivity index (χ0n) is 8.34. The van der Waals surface area contributed by atoms with E-state index in [9.17, 15) is 5.11 Å². The first-order chi connectivity index (χ1) is 6.11. The molecule has 1 aromatic rings. The number of rotatable bonds is 2. The Morgan fingerprint density at radius 3 is 2.23 bits per heavy atom. The van der Waals surface area contributed by atoms with Gasteiger partial charge in [-0.25, -0.2) is 0 Å². The van der Waals surface area contributed by atoms with Crippen molar-refractivity contribution in [1.29, 1.82) is 0 Å². The summed E-state index contributed by atoms with van der Waals surface area (Å²) in [4.78, 5) is 0. The lowest BCUT2D eigenvalue weighted by molar-refractivity contribution is 0.348. The van der Waals surface area contributed by atoms with Crippen molar-refractivity contribution < 1.29 is 14.6 Å². The van der Waals surface area contributed by atoms with Gasteiger partial charge in [0.05, 0.1) is 14.2 Å². The van der Waals surface area contributed by atoms with E-state index in [0.717, 1.165) is 5.56 Å². The van der Waals surface area contributed by atoms with Crippen LogP contribution in [0.5, 0.6) is 17.2 Å². The molecule has 0 amide bonds. The van der Waals surface area contributed by atoms with Crippen LogP contribution in [0.4, 0.5) is 0 Å². The summed E-state index contributed by atoms with van der Waals surface area (Å²) in [6.07, 6.45) is 0. The summed E-state index contributed by atoms with van der Waals surface area (Å²) in [7, 11) is 3.13. The zero-order valence-corrected chi connectivity index (χ0v) is 8.34. The van der Waals surface area contributed by atoms with E-state index in [4.69, 9.17) is 9.47 Å². The molecule has 1 rings (SSSR count). The molecule has 0 heterocycles. The lowest BCUT2D eigenvalue weighted by atomic mass is 10.1. The van der Waals surface area contributed by atoms with Gasteiger partial charge in [-0.15, -0.1) is 0 Å². The monoisotopic (exact) mass is 182 g/mol. The van der Waals surface area contributed by atoms with Gasteiger partial charge in [-0.2, -0.15) is 0 Å². The highest BCUT2D eigenvalue weighted by Crippen LogP contribution is 2.38. The molecule has 0 atom stereocenters. The van der Waals surface area contributed by atoms with Gasteiger partial charge in [0.25, 0.3) is 0 Å². The second-order valence-electron chi connectivity index (χ2n) is 2.90. The molecule has 0 aliphatic rings. The standard InChI is InChI=1S/C10H14O3/c1-6-5-8(12-3)10(13-4)7(2)9(6)11/h5,11H,1-4H3. The van der Waals surface area contributed by atoms with E-state index in [0.29, 0.717) is 17.1 Å². The number of phenolic OH excluding ortho intramolecular Hbond substituents is 1. The van der Waals surface area contributed by atoms with Gasteiger partial charge in [0.15, 0.2) is 11.5 Å². The number of aromatic hydroxyl groups is 1. The Balaban J connectivity index is 3.39. The molecule has 0 aliphatic heterocycles. The topological polar surface area (TPSA) is 38.7 Å². The number of phenols is 1.